The van der Waals surface area contributed by atoms with Crippen molar-refractivity contribution in [2.75, 3.05) is 0 Å². The number of amides is 1. The van der Waals surface area contributed by atoms with Crippen LogP contribution in [0.3, 0.4) is 0 Å². The van der Waals surface area contributed by atoms with Crippen molar-refractivity contribution in [3.63, 3.8) is 0 Å². The van der Waals surface area contributed by atoms with Crippen LogP contribution < -0.4 is 11.3 Å². The van der Waals surface area contributed by atoms with Crippen LogP contribution in [-0.2, 0) is 11.3 Å². The summed E-state index contributed by atoms with van der Waals surface area (Å²) in [7, 11) is 0. The molecule has 0 bridgehead atoms. The van der Waals surface area contributed by atoms with Gasteiger partial charge in [-0.05, 0) is 43.4 Å². The molecule has 0 aliphatic carbocycles. The number of aryl methyl sites for hydroxylation is 2. The van der Waals surface area contributed by atoms with Gasteiger partial charge in [0.2, 0.25) is 5.91 Å². The van der Waals surface area contributed by atoms with Gasteiger partial charge in [-0.1, -0.05) is 11.6 Å². The molecule has 3 N–H and O–H groups in total. The Morgan fingerprint density at radius 3 is 2.94 bits per heavy atom. The Kier molecular flexibility index (Phi) is 3.99. The molecule has 0 aliphatic rings. The zero-order chi connectivity index (χ0) is 13.0. The maximum Gasteiger partial charge on any atom is 0.233 e. The first-order chi connectivity index (χ1) is 8.70. The van der Waals surface area contributed by atoms with E-state index < -0.39 is 0 Å². The van der Waals surface area contributed by atoms with E-state index in [1.165, 1.54) is 16.5 Å². The monoisotopic (exact) mass is 245 g/mol. The van der Waals surface area contributed by atoms with Gasteiger partial charge in [0, 0.05) is 24.7 Å². The molecule has 1 aromatic carbocycles. The maximum absolute atomic E-state index is 11.0. The molecular weight excluding hydrogens is 226 g/mol. The Labute approximate surface area is 107 Å². The molecule has 2 aromatic rings. The van der Waals surface area contributed by atoms with Crippen LogP contribution in [0.4, 0.5) is 0 Å². The molecule has 0 saturated carbocycles. The third-order valence-electron chi connectivity index (χ3n) is 3.14. The number of nitrogens with zero attached hydrogens (tertiary/aromatic N) is 1. The first kappa shape index (κ1) is 12.6. The van der Waals surface area contributed by atoms with Gasteiger partial charge in [0.05, 0.1) is 0 Å². The molecule has 4 nitrogen and oxygen atoms in total. The highest BCUT2D eigenvalue weighted by molar-refractivity contribution is 5.80. The minimum absolute atomic E-state index is 0.0945. The number of nitrogens with one attached hydrogen (secondary N) is 1. The highest BCUT2D eigenvalue weighted by Crippen LogP contribution is 2.18. The molecule has 2 rings (SSSR count). The molecule has 0 atom stereocenters. The number of nitrogens with two attached hydrogens (primary N) is 1. The van der Waals surface area contributed by atoms with E-state index in [1.54, 1.807) is 0 Å². The summed E-state index contributed by atoms with van der Waals surface area (Å²) in [6, 6.07) is 8.60. The molecule has 0 radical (unpaired) electrons. The van der Waals surface area contributed by atoms with Gasteiger partial charge in [0.15, 0.2) is 0 Å². The molecule has 1 aromatic heterocycles. The molecule has 96 valence electrons. The fourth-order valence-electron chi connectivity index (χ4n) is 2.15. The Hall–Kier alpha value is -1.81. The van der Waals surface area contributed by atoms with Crippen LogP contribution in [0.5, 0.6) is 0 Å². The standard InChI is InChI=1S/C14H19N3O/c1-11-5-6-13-12(10-11)7-9-17(13)8-3-2-4-14(18)16-15/h5-7,9-10H,2-4,8,15H2,1H3,(H,16,18). The second-order valence-corrected chi connectivity index (χ2v) is 4.60. The number of hydrogen-bond acceptors (Lipinski definition) is 2. The second kappa shape index (κ2) is 5.69. The van der Waals surface area contributed by atoms with Gasteiger partial charge >= 0.3 is 0 Å². The molecule has 0 saturated heterocycles. The summed E-state index contributed by atoms with van der Waals surface area (Å²) >= 11 is 0. The van der Waals surface area contributed by atoms with Crippen molar-refractivity contribution in [1.29, 1.82) is 0 Å². The van der Waals surface area contributed by atoms with Crippen molar-refractivity contribution in [1.82, 2.24) is 9.99 Å². The van der Waals surface area contributed by atoms with Crippen molar-refractivity contribution >= 4 is 16.8 Å². The molecule has 0 aliphatic heterocycles. The maximum atomic E-state index is 11.0. The molecule has 0 fully saturated rings. The third-order valence-corrected chi connectivity index (χ3v) is 3.14. The van der Waals surface area contributed by atoms with Crippen molar-refractivity contribution in [3.8, 4) is 0 Å². The van der Waals surface area contributed by atoms with E-state index in [0.29, 0.717) is 6.42 Å². The third kappa shape index (κ3) is 2.90. The largest absolute Gasteiger partial charge is 0.347 e. The van der Waals surface area contributed by atoms with E-state index in [0.717, 1.165) is 19.4 Å². The van der Waals surface area contributed by atoms with Gasteiger partial charge in [-0.3, -0.25) is 10.2 Å². The first-order valence-corrected chi connectivity index (χ1v) is 6.25. The fourth-order valence-corrected chi connectivity index (χ4v) is 2.15. The summed E-state index contributed by atoms with van der Waals surface area (Å²) in [4.78, 5) is 11.0. The van der Waals surface area contributed by atoms with Gasteiger partial charge in [-0.2, -0.15) is 0 Å². The first-order valence-electron chi connectivity index (χ1n) is 6.25. The summed E-state index contributed by atoms with van der Waals surface area (Å²) in [6.45, 7) is 3.03. The number of hydrogen-bond donors (Lipinski definition) is 2. The summed E-state index contributed by atoms with van der Waals surface area (Å²) < 4.78 is 2.23. The number of rotatable bonds is 5. The number of hydrazine groups is 1. The lowest BCUT2D eigenvalue weighted by Gasteiger charge is -2.05. The summed E-state index contributed by atoms with van der Waals surface area (Å²) in [5.74, 6) is 4.94. The molecule has 0 unspecified atom stereocenters. The number of aromatic nitrogens is 1. The van der Waals surface area contributed by atoms with Gasteiger partial charge in [-0.25, -0.2) is 5.84 Å². The van der Waals surface area contributed by atoms with Crippen LogP contribution in [0.25, 0.3) is 10.9 Å². The Balaban J connectivity index is 1.94. The zero-order valence-corrected chi connectivity index (χ0v) is 10.6. The lowest BCUT2D eigenvalue weighted by molar-refractivity contribution is -0.121. The lowest BCUT2D eigenvalue weighted by Crippen LogP contribution is -2.29. The van der Waals surface area contributed by atoms with Crippen molar-refractivity contribution in [3.05, 3.63) is 36.0 Å². The van der Waals surface area contributed by atoms with E-state index in [2.05, 4.69) is 47.4 Å². The quantitative estimate of drug-likeness (QED) is 0.367. The molecule has 1 amide bonds. The van der Waals surface area contributed by atoms with Crippen LogP contribution in [-0.4, -0.2) is 10.5 Å². The summed E-state index contributed by atoms with van der Waals surface area (Å²) in [5, 5.41) is 1.27. The minimum atomic E-state index is -0.0945. The van der Waals surface area contributed by atoms with E-state index in [9.17, 15) is 4.79 Å². The summed E-state index contributed by atoms with van der Waals surface area (Å²) in [5.41, 5.74) is 4.68. The normalized spacial score (nSPS) is 10.8. The average molecular weight is 245 g/mol. The number of carbonyl (C=O) groups excluding carboxylic acids is 1. The molecule has 18 heavy (non-hydrogen) atoms. The zero-order valence-electron chi connectivity index (χ0n) is 10.6. The van der Waals surface area contributed by atoms with Crippen molar-refractivity contribution < 1.29 is 4.79 Å². The predicted molar refractivity (Wildman–Crippen MR) is 72.9 cm³/mol. The number of benzene rings is 1. The molecule has 0 spiro atoms. The molecule has 4 heteroatoms. The van der Waals surface area contributed by atoms with E-state index in [1.807, 2.05) is 0 Å². The highest BCUT2D eigenvalue weighted by Gasteiger charge is 2.02. The molecule has 1 heterocycles. The van der Waals surface area contributed by atoms with Crippen LogP contribution in [0.1, 0.15) is 24.8 Å². The van der Waals surface area contributed by atoms with Gasteiger partial charge in [0.25, 0.3) is 0 Å². The fraction of sp³-hybridized carbons (Fsp3) is 0.357. The van der Waals surface area contributed by atoms with Crippen LogP contribution in [0.2, 0.25) is 0 Å². The van der Waals surface area contributed by atoms with Crippen LogP contribution in [0.15, 0.2) is 30.5 Å². The Morgan fingerprint density at radius 1 is 1.33 bits per heavy atom. The number of unbranched alkanes of at least 4 members (excludes halogenated alkanes) is 1. The second-order valence-electron chi connectivity index (χ2n) is 4.60. The topological polar surface area (TPSA) is 60.0 Å². The van der Waals surface area contributed by atoms with E-state index in [4.69, 9.17) is 5.84 Å². The minimum Gasteiger partial charge on any atom is -0.347 e. The predicted octanol–water partition coefficient (Wildman–Crippen LogP) is 2.11. The van der Waals surface area contributed by atoms with Gasteiger partial charge in [0.1, 0.15) is 0 Å². The SMILES string of the molecule is Cc1ccc2c(ccn2CCCCC(=O)NN)c1. The van der Waals surface area contributed by atoms with Gasteiger partial charge < -0.3 is 4.57 Å². The Morgan fingerprint density at radius 2 is 2.17 bits per heavy atom. The molecular formula is C14H19N3O. The van der Waals surface area contributed by atoms with E-state index >= 15 is 0 Å². The highest BCUT2D eigenvalue weighted by atomic mass is 16.2. The van der Waals surface area contributed by atoms with E-state index in [-0.39, 0.29) is 5.91 Å². The smallest absolute Gasteiger partial charge is 0.233 e. The van der Waals surface area contributed by atoms with Crippen molar-refractivity contribution in [2.24, 2.45) is 5.84 Å². The van der Waals surface area contributed by atoms with Gasteiger partial charge in [-0.15, -0.1) is 0 Å². The van der Waals surface area contributed by atoms with Crippen LogP contribution in [0, 0.1) is 6.92 Å². The number of carbonyl (C=O) groups is 1. The Bertz CT molecular complexity index is 545. The van der Waals surface area contributed by atoms with Crippen LogP contribution >= 0.6 is 0 Å². The average Bonchev–Trinajstić information content (AvgIpc) is 2.76. The lowest BCUT2D eigenvalue weighted by atomic mass is 10.2. The number of fused-ring (bicyclic) bond motifs is 1. The van der Waals surface area contributed by atoms with Crippen molar-refractivity contribution in [2.45, 2.75) is 32.7 Å². The summed E-state index contributed by atoms with van der Waals surface area (Å²) in [6.07, 6.45) is 4.43.